The average molecular weight is 371 g/mol. The molecule has 7 heteroatoms. The van der Waals surface area contributed by atoms with Crippen LogP contribution >= 0.6 is 11.8 Å². The second kappa shape index (κ2) is 8.23. The van der Waals surface area contributed by atoms with Gasteiger partial charge in [0, 0.05) is 6.04 Å². The molecular formula is C19H21N3O3S. The standard InChI is InChI=1S/C19H21N3O3S/c1-3-13(2)20-17(23)12-26-19-21-16-9-5-4-8-15(16)18(24)22(19)11-14-7-6-10-25-14/h4-10,13H,3,11-12H2,1-2H3,(H,20,23)/t13-/m1/s1. The van der Waals surface area contributed by atoms with Crippen molar-refractivity contribution in [3.8, 4) is 0 Å². The Bertz CT molecular complexity index is 950. The minimum absolute atomic E-state index is 0.0729. The Labute approximate surface area is 155 Å². The van der Waals surface area contributed by atoms with Gasteiger partial charge in [-0.3, -0.25) is 14.2 Å². The number of hydrogen-bond donors (Lipinski definition) is 1. The highest BCUT2D eigenvalue weighted by atomic mass is 32.2. The molecule has 0 aliphatic rings. The predicted octanol–water partition coefficient (Wildman–Crippen LogP) is 3.04. The molecule has 0 bridgehead atoms. The molecule has 3 rings (SSSR count). The number of carbonyl (C=O) groups excluding carboxylic acids is 1. The number of nitrogens with zero attached hydrogens (tertiary/aromatic N) is 2. The van der Waals surface area contributed by atoms with Gasteiger partial charge in [-0.05, 0) is 37.6 Å². The van der Waals surface area contributed by atoms with Crippen molar-refractivity contribution < 1.29 is 9.21 Å². The summed E-state index contributed by atoms with van der Waals surface area (Å²) < 4.78 is 6.93. The van der Waals surface area contributed by atoms with Gasteiger partial charge in [0.1, 0.15) is 5.76 Å². The normalized spacial score (nSPS) is 12.2. The van der Waals surface area contributed by atoms with Crippen molar-refractivity contribution >= 4 is 28.6 Å². The number of para-hydroxylation sites is 1. The number of aromatic nitrogens is 2. The molecule has 1 amide bonds. The molecule has 1 N–H and O–H groups in total. The molecule has 6 nitrogen and oxygen atoms in total. The zero-order valence-corrected chi connectivity index (χ0v) is 15.6. The molecule has 0 saturated heterocycles. The third-order valence-corrected chi connectivity index (χ3v) is 5.05. The van der Waals surface area contributed by atoms with E-state index in [9.17, 15) is 9.59 Å². The largest absolute Gasteiger partial charge is 0.467 e. The first kappa shape index (κ1) is 18.3. The van der Waals surface area contributed by atoms with Crippen LogP contribution in [0, 0.1) is 0 Å². The second-order valence-electron chi connectivity index (χ2n) is 6.05. The lowest BCUT2D eigenvalue weighted by molar-refractivity contribution is -0.119. The fraction of sp³-hybridized carbons (Fsp3) is 0.316. The summed E-state index contributed by atoms with van der Waals surface area (Å²) in [6.45, 7) is 4.26. The van der Waals surface area contributed by atoms with Crippen LogP contribution in [0.25, 0.3) is 10.9 Å². The Morgan fingerprint density at radius 1 is 1.31 bits per heavy atom. The van der Waals surface area contributed by atoms with Crippen LogP contribution in [0.1, 0.15) is 26.0 Å². The summed E-state index contributed by atoms with van der Waals surface area (Å²) in [6.07, 6.45) is 2.44. The summed E-state index contributed by atoms with van der Waals surface area (Å²) >= 11 is 1.26. The maximum Gasteiger partial charge on any atom is 0.262 e. The average Bonchev–Trinajstić information content (AvgIpc) is 3.15. The van der Waals surface area contributed by atoms with Crippen LogP contribution in [0.15, 0.2) is 57.0 Å². The quantitative estimate of drug-likeness (QED) is 0.510. The zero-order chi connectivity index (χ0) is 18.5. The first-order chi connectivity index (χ1) is 12.6. The molecule has 1 atom stereocenters. The summed E-state index contributed by atoms with van der Waals surface area (Å²) in [5.74, 6) is 0.791. The van der Waals surface area contributed by atoms with E-state index in [0.717, 1.165) is 6.42 Å². The van der Waals surface area contributed by atoms with Gasteiger partial charge in [0.15, 0.2) is 5.16 Å². The molecule has 0 aliphatic carbocycles. The van der Waals surface area contributed by atoms with Crippen LogP contribution in [-0.2, 0) is 11.3 Å². The first-order valence-electron chi connectivity index (χ1n) is 8.52. The van der Waals surface area contributed by atoms with Crippen molar-refractivity contribution in [2.24, 2.45) is 0 Å². The third-order valence-electron chi connectivity index (χ3n) is 4.07. The van der Waals surface area contributed by atoms with Crippen LogP contribution in [0.5, 0.6) is 0 Å². The molecule has 0 unspecified atom stereocenters. The van der Waals surface area contributed by atoms with Gasteiger partial charge in [-0.15, -0.1) is 0 Å². The summed E-state index contributed by atoms with van der Waals surface area (Å²) in [5, 5.41) is 3.98. The summed E-state index contributed by atoms with van der Waals surface area (Å²) in [7, 11) is 0. The minimum Gasteiger partial charge on any atom is -0.467 e. The zero-order valence-electron chi connectivity index (χ0n) is 14.8. The second-order valence-corrected chi connectivity index (χ2v) is 6.99. The molecular weight excluding hydrogens is 350 g/mol. The Kier molecular flexibility index (Phi) is 5.78. The van der Waals surface area contributed by atoms with E-state index < -0.39 is 0 Å². The summed E-state index contributed by atoms with van der Waals surface area (Å²) in [6, 6.07) is 10.9. The van der Waals surface area contributed by atoms with E-state index >= 15 is 0 Å². The van der Waals surface area contributed by atoms with Crippen LogP contribution in [-0.4, -0.2) is 27.3 Å². The highest BCUT2D eigenvalue weighted by Gasteiger charge is 2.15. The molecule has 136 valence electrons. The molecule has 0 radical (unpaired) electrons. The van der Waals surface area contributed by atoms with Crippen LogP contribution < -0.4 is 10.9 Å². The summed E-state index contributed by atoms with van der Waals surface area (Å²) in [5.41, 5.74) is 0.481. The lowest BCUT2D eigenvalue weighted by atomic mass is 10.2. The topological polar surface area (TPSA) is 77.1 Å². The number of fused-ring (bicyclic) bond motifs is 1. The number of nitrogens with one attached hydrogen (secondary N) is 1. The van der Waals surface area contributed by atoms with E-state index in [2.05, 4.69) is 10.3 Å². The molecule has 0 saturated carbocycles. The molecule has 0 fully saturated rings. The fourth-order valence-corrected chi connectivity index (χ4v) is 3.31. The molecule has 2 aromatic heterocycles. The monoisotopic (exact) mass is 371 g/mol. The van der Waals surface area contributed by atoms with Crippen molar-refractivity contribution in [1.29, 1.82) is 0 Å². The molecule has 0 aliphatic heterocycles. The number of furan rings is 1. The molecule has 1 aromatic carbocycles. The van der Waals surface area contributed by atoms with E-state index in [1.165, 1.54) is 11.8 Å². The van der Waals surface area contributed by atoms with E-state index in [4.69, 9.17) is 4.42 Å². The van der Waals surface area contributed by atoms with Gasteiger partial charge in [0.2, 0.25) is 5.91 Å². The number of carbonyl (C=O) groups is 1. The van der Waals surface area contributed by atoms with E-state index in [1.54, 1.807) is 29.0 Å². The van der Waals surface area contributed by atoms with Gasteiger partial charge in [0.05, 0.1) is 29.5 Å². The van der Waals surface area contributed by atoms with Gasteiger partial charge >= 0.3 is 0 Å². The predicted molar refractivity (Wildman–Crippen MR) is 102 cm³/mol. The van der Waals surface area contributed by atoms with Crippen molar-refractivity contribution in [1.82, 2.24) is 14.9 Å². The minimum atomic E-state index is -0.142. The van der Waals surface area contributed by atoms with Crippen LogP contribution in [0.4, 0.5) is 0 Å². The van der Waals surface area contributed by atoms with Crippen molar-refractivity contribution in [2.75, 3.05) is 5.75 Å². The van der Waals surface area contributed by atoms with Crippen molar-refractivity contribution in [2.45, 2.75) is 38.0 Å². The Morgan fingerprint density at radius 2 is 2.12 bits per heavy atom. The molecule has 2 heterocycles. The van der Waals surface area contributed by atoms with E-state index in [0.29, 0.717) is 21.8 Å². The Morgan fingerprint density at radius 3 is 2.85 bits per heavy atom. The number of benzene rings is 1. The number of amides is 1. The van der Waals surface area contributed by atoms with Gasteiger partial charge in [-0.2, -0.15) is 0 Å². The maximum absolute atomic E-state index is 12.9. The van der Waals surface area contributed by atoms with Crippen molar-refractivity contribution in [3.63, 3.8) is 0 Å². The van der Waals surface area contributed by atoms with Gasteiger partial charge in [-0.25, -0.2) is 4.98 Å². The number of rotatable bonds is 7. The molecule has 3 aromatic rings. The maximum atomic E-state index is 12.9. The highest BCUT2D eigenvalue weighted by Crippen LogP contribution is 2.19. The van der Waals surface area contributed by atoms with Gasteiger partial charge < -0.3 is 9.73 Å². The number of thioether (sulfide) groups is 1. The first-order valence-corrected chi connectivity index (χ1v) is 9.51. The lowest BCUT2D eigenvalue weighted by Crippen LogP contribution is -2.33. The fourth-order valence-electron chi connectivity index (χ4n) is 2.50. The third kappa shape index (κ3) is 4.16. The van der Waals surface area contributed by atoms with Crippen LogP contribution in [0.3, 0.4) is 0 Å². The Hall–Kier alpha value is -2.54. The highest BCUT2D eigenvalue weighted by molar-refractivity contribution is 7.99. The number of hydrogen-bond acceptors (Lipinski definition) is 5. The van der Waals surface area contributed by atoms with Crippen molar-refractivity contribution in [3.05, 3.63) is 58.8 Å². The Balaban J connectivity index is 1.91. The van der Waals surface area contributed by atoms with E-state index in [-0.39, 0.29) is 29.8 Å². The molecule has 26 heavy (non-hydrogen) atoms. The molecule has 0 spiro atoms. The van der Waals surface area contributed by atoms with Crippen LogP contribution in [0.2, 0.25) is 0 Å². The van der Waals surface area contributed by atoms with Gasteiger partial charge in [-0.1, -0.05) is 30.8 Å². The SMILES string of the molecule is CC[C@@H](C)NC(=O)CSc1nc2ccccc2c(=O)n1Cc1ccco1. The van der Waals surface area contributed by atoms with E-state index in [1.807, 2.05) is 32.0 Å². The summed E-state index contributed by atoms with van der Waals surface area (Å²) in [4.78, 5) is 29.6. The smallest absolute Gasteiger partial charge is 0.262 e. The van der Waals surface area contributed by atoms with Gasteiger partial charge in [0.25, 0.3) is 5.56 Å². The lowest BCUT2D eigenvalue weighted by Gasteiger charge is -2.13.